The molecule has 0 aliphatic heterocycles. The van der Waals surface area contributed by atoms with Gasteiger partial charge in [-0.05, 0) is 233 Å². The molecule has 15 heterocycles. The number of rotatable bonds is 9. The van der Waals surface area contributed by atoms with Gasteiger partial charge in [-0.3, -0.25) is 0 Å². The van der Waals surface area contributed by atoms with Crippen LogP contribution in [0.2, 0.25) is 0 Å². The molecule has 1 unspecified atom stereocenters. The van der Waals surface area contributed by atoms with Crippen LogP contribution in [0.15, 0.2) is 235 Å². The molecule has 15 heteroatoms. The molecule has 5 aromatic carbocycles. The van der Waals surface area contributed by atoms with Crippen LogP contribution in [0.4, 0.5) is 0 Å². The van der Waals surface area contributed by atoms with Crippen LogP contribution in [-0.4, -0.2) is 24.9 Å². The van der Waals surface area contributed by atoms with Gasteiger partial charge in [0.25, 0.3) is 0 Å². The molecule has 0 N–H and O–H groups in total. The molecule has 0 amide bonds. The van der Waals surface area contributed by atoms with Crippen LogP contribution < -0.4 is 22.8 Å². The van der Waals surface area contributed by atoms with Crippen molar-refractivity contribution in [2.75, 3.05) is 0 Å². The number of furan rings is 5. The first kappa shape index (κ1) is 65.2. The third kappa shape index (κ3) is 16.3. The molecule has 22 rings (SSSR count). The van der Waals surface area contributed by atoms with E-state index in [-0.39, 0.29) is 18.5 Å². The molecule has 0 radical (unpaired) electrons. The molecule has 0 spiro atoms. The first-order chi connectivity index (χ1) is 68.2. The predicted octanol–water partition coefficient (Wildman–Crippen LogP) is 26.1. The number of aromatic nitrogens is 10. The van der Waals surface area contributed by atoms with Crippen LogP contribution in [0.25, 0.3) is 167 Å². The lowest BCUT2D eigenvalue weighted by atomic mass is 9.86. The van der Waals surface area contributed by atoms with Gasteiger partial charge < -0.3 is 22.1 Å². The van der Waals surface area contributed by atoms with Gasteiger partial charge in [0, 0.05) is 177 Å². The Bertz CT molecular complexity index is 8580. The summed E-state index contributed by atoms with van der Waals surface area (Å²) < 4.78 is 186. The molecular formula is C112H115N10O5+5. The average Bonchev–Trinajstić information content (AvgIpc) is 1.69. The molecule has 2 fully saturated rings. The Balaban J connectivity index is 0.000000119. The summed E-state index contributed by atoms with van der Waals surface area (Å²) in [5.41, 5.74) is 27.5. The zero-order valence-corrected chi connectivity index (χ0v) is 74.7. The maximum Gasteiger partial charge on any atom is 0.227 e. The highest BCUT2D eigenvalue weighted by Crippen LogP contribution is 2.45. The van der Waals surface area contributed by atoms with Crippen LogP contribution >= 0.6 is 0 Å². The molecule has 2 aliphatic carbocycles. The minimum absolute atomic E-state index is 0.0721. The molecule has 0 saturated heterocycles. The third-order valence-corrected chi connectivity index (χ3v) is 24.4. The predicted molar refractivity (Wildman–Crippen MR) is 513 cm³/mol. The van der Waals surface area contributed by atoms with E-state index in [9.17, 15) is 0 Å². The monoisotopic (exact) mass is 1700 g/mol. The number of aryl methyl sites for hydroxylation is 17. The summed E-state index contributed by atoms with van der Waals surface area (Å²) in [5, 5.41) is 9.38. The van der Waals surface area contributed by atoms with E-state index in [1.165, 1.54) is 5.56 Å². The largest absolute Gasteiger partial charge is 0.437 e. The number of hydrogen-bond acceptors (Lipinski definition) is 10. The van der Waals surface area contributed by atoms with E-state index < -0.39 is 57.4 Å². The van der Waals surface area contributed by atoms with Gasteiger partial charge in [0.1, 0.15) is 35.2 Å². The average molecular weight is 1700 g/mol. The molecule has 20 aromatic rings. The van der Waals surface area contributed by atoms with E-state index in [4.69, 9.17) is 46.8 Å². The molecule has 0 bridgehead atoms. The molecular weight excluding hydrogens is 1570 g/mol. The van der Waals surface area contributed by atoms with Gasteiger partial charge >= 0.3 is 0 Å². The van der Waals surface area contributed by atoms with Gasteiger partial charge in [-0.2, -0.15) is 0 Å². The number of pyridine rings is 10. The summed E-state index contributed by atoms with van der Waals surface area (Å²) in [6, 6.07) is 58.3. The Kier molecular flexibility index (Phi) is 17.9. The number of benzene rings is 5. The third-order valence-electron chi connectivity index (χ3n) is 24.4. The summed E-state index contributed by atoms with van der Waals surface area (Å²) in [7, 11) is 9.58. The van der Waals surface area contributed by atoms with E-state index >= 15 is 0 Å². The van der Waals surface area contributed by atoms with E-state index in [0.29, 0.717) is 93.5 Å². The van der Waals surface area contributed by atoms with Gasteiger partial charge in [-0.1, -0.05) is 114 Å². The minimum atomic E-state index is -2.15. The lowest BCUT2D eigenvalue weighted by Crippen LogP contribution is -2.31. The number of fused-ring (bicyclic) bond motifs is 15. The Morgan fingerprint density at radius 3 is 0.976 bits per heavy atom. The number of nitrogens with zero attached hydrogens (tertiary/aromatic N) is 10. The maximum absolute atomic E-state index is 8.98. The highest BCUT2D eigenvalue weighted by Gasteiger charge is 2.30. The van der Waals surface area contributed by atoms with Gasteiger partial charge in [-0.15, -0.1) is 0 Å². The van der Waals surface area contributed by atoms with Crippen molar-refractivity contribution in [2.45, 2.75) is 178 Å². The van der Waals surface area contributed by atoms with Crippen molar-refractivity contribution in [1.82, 2.24) is 24.9 Å². The summed E-state index contributed by atoms with van der Waals surface area (Å²) in [5.74, 6) is -4.26. The summed E-state index contributed by atoms with van der Waals surface area (Å²) >= 11 is 0. The van der Waals surface area contributed by atoms with Gasteiger partial charge in [0.05, 0.1) is 27.8 Å². The van der Waals surface area contributed by atoms with Crippen molar-refractivity contribution in [3.63, 3.8) is 0 Å². The normalized spacial score (nSPS) is 18.1. The lowest BCUT2D eigenvalue weighted by molar-refractivity contribution is -0.660. The minimum Gasteiger partial charge on any atom is -0.437 e. The Morgan fingerprint density at radius 2 is 0.630 bits per heavy atom. The van der Waals surface area contributed by atoms with Crippen molar-refractivity contribution >= 4 is 110 Å². The van der Waals surface area contributed by atoms with Crippen molar-refractivity contribution in [3.8, 4) is 56.3 Å². The van der Waals surface area contributed by atoms with E-state index in [1.807, 2.05) is 175 Å². The fourth-order valence-electron chi connectivity index (χ4n) is 17.8. The van der Waals surface area contributed by atoms with E-state index in [1.54, 1.807) is 68.8 Å². The van der Waals surface area contributed by atoms with Crippen LogP contribution in [0.3, 0.4) is 0 Å². The standard InChI is InChI=1S/C25H27N2O.C24H25N2O.C22H23N2O.C21H21N2O.C20H19N2O/c1-16-9-14-22(27(3)15-16)23-17(2)10-11-19-20-12-13-21(18-7-5-4-6-8-18)26-25(20)28-24(19)23;1-15-8-13-21(26(3)14-15)22-16(2)9-10-18-19-11-12-20(17-6-4-5-7-17)25-24(19)27-23(18)22;1-13(2)18-10-9-17-16-8-7-15(4)20(21(16)25-22(17)23-18)19-11-6-14(3)12-24(19)5;1-5-15-8-10-17-16-9-7-14(3)19(20(16)24-21(17)22-15)18-11-6-13(2)12-23(18)4;1-12-5-10-17(22(4)11-12)18-13(2)6-8-15-16-9-7-14(3)21-20(16)23-19(15)18/h9-15,18H,4-8H2,1-3H3;8-14,17H,4-7H2,1-3H3;6-13H,1-5H3;6-12H,5H2,1-4H3;5-11H,1-4H3/q5*+1/i7D2,8D2,18D;6D2,17D;3D3,13D;2D3;1D3. The SMILES string of the molecule is [2H]C([2H])([2H])c1ccc(-c2c(C)ccc3c2oc2nc(C([2H])(C)C)ccc23)[n+](C)c1.[2H]C([2H])([2H])c1ccc(-c2c(C)ccc3c2oc2nc(C)ccc23)[n+](C)c1.[2H]C([2H])([2H])c1ccc(-c2c(C)ccc3c2oc2nc(CC)ccc23)[n+](C)c1.[2H]C1([2H])CCCC([2H])([2H])C1([2H])c1ccc2c(n1)oc1c(-c3ccc(C)c[n+]3C)c(C)ccc12.[2H]C1([2H])CCCC1([2H])c1ccc2c(n1)oc1c(-c3ccc(C)c[n+]3C)c(C)ccc12. The summed E-state index contributed by atoms with van der Waals surface area (Å²) in [6.45, 7) is 15.5. The topological polar surface area (TPSA) is 150 Å². The molecule has 15 aromatic heterocycles. The van der Waals surface area contributed by atoms with E-state index in [2.05, 4.69) is 128 Å². The van der Waals surface area contributed by atoms with Crippen molar-refractivity contribution < 1.29 is 69.6 Å². The smallest absolute Gasteiger partial charge is 0.227 e. The van der Waals surface area contributed by atoms with Gasteiger partial charge in [0.2, 0.25) is 57.0 Å². The number of hydrogen-bond donors (Lipinski definition) is 0. The maximum atomic E-state index is 8.98. The van der Waals surface area contributed by atoms with E-state index in [0.717, 1.165) is 178 Å². The molecule has 15 nitrogen and oxygen atoms in total. The second kappa shape index (κ2) is 34.9. The van der Waals surface area contributed by atoms with Crippen LogP contribution in [0.5, 0.6) is 0 Å². The van der Waals surface area contributed by atoms with Crippen LogP contribution in [-0.2, 0) is 41.7 Å². The molecule has 2 aliphatic rings. The van der Waals surface area contributed by atoms with Crippen LogP contribution in [0.1, 0.15) is 205 Å². The van der Waals surface area contributed by atoms with Gasteiger partial charge in [0.15, 0.2) is 58.9 Å². The zero-order valence-electron chi connectivity index (χ0n) is 92.7. The first-order valence-corrected chi connectivity index (χ1v) is 43.3. The fourth-order valence-corrected chi connectivity index (χ4v) is 17.8. The Morgan fingerprint density at radius 1 is 0.331 bits per heavy atom. The fraction of sp³-hybridized carbons (Fsp3) is 0.286. The highest BCUT2D eigenvalue weighted by molar-refractivity contribution is 6.13. The van der Waals surface area contributed by atoms with Crippen molar-refractivity contribution in [3.05, 3.63) is 297 Å². The summed E-state index contributed by atoms with van der Waals surface area (Å²) in [4.78, 5) is 22.9. The van der Waals surface area contributed by atoms with Crippen LogP contribution in [0, 0.1) is 75.9 Å². The molecule has 1 atom stereocenters. The van der Waals surface area contributed by atoms with Crippen molar-refractivity contribution in [1.29, 1.82) is 0 Å². The Labute approximate surface area is 768 Å². The molecule has 2 saturated carbocycles. The zero-order chi connectivity index (χ0) is 104. The van der Waals surface area contributed by atoms with Gasteiger partial charge in [-0.25, -0.2) is 47.8 Å². The quantitative estimate of drug-likeness (QED) is 0.128. The highest BCUT2D eigenvalue weighted by atomic mass is 16.4. The lowest BCUT2D eigenvalue weighted by Gasteiger charge is -2.20. The summed E-state index contributed by atoms with van der Waals surface area (Å²) in [6.07, 6.45) is 6.53. The Hall–Kier alpha value is -13.4. The second-order valence-corrected chi connectivity index (χ2v) is 33.9. The molecule has 638 valence electrons. The molecule has 127 heavy (non-hydrogen) atoms. The van der Waals surface area contributed by atoms with Crippen molar-refractivity contribution in [2.24, 2.45) is 35.2 Å². The first-order valence-electron chi connectivity index (χ1n) is 52.3. The second-order valence-electron chi connectivity index (χ2n) is 33.9.